The van der Waals surface area contributed by atoms with Gasteiger partial charge in [0.05, 0.1) is 18.1 Å². The number of carbonyl (C=O) groups is 1. The third kappa shape index (κ3) is 3.89. The summed E-state index contributed by atoms with van der Waals surface area (Å²) >= 11 is 5.05. The first-order valence-electron chi connectivity index (χ1n) is 6.94. The molecule has 0 bridgehead atoms. The molecule has 1 aliphatic rings. The molecular formula is C13H16ClNO7S2. The molecule has 0 amide bonds. The summed E-state index contributed by atoms with van der Waals surface area (Å²) in [4.78, 5) is 9.99. The van der Waals surface area contributed by atoms with Crippen molar-refractivity contribution in [2.24, 2.45) is 0 Å². The first kappa shape index (κ1) is 19.1. The fraction of sp³-hybridized carbons (Fsp3) is 0.462. The lowest BCUT2D eigenvalue weighted by atomic mass is 10.4. The predicted octanol–water partition coefficient (Wildman–Crippen LogP) is 1.20. The van der Waals surface area contributed by atoms with Crippen LogP contribution in [0.15, 0.2) is 34.1 Å². The lowest BCUT2D eigenvalue weighted by molar-refractivity contribution is 0.0729. The van der Waals surface area contributed by atoms with Gasteiger partial charge >= 0.3 is 5.43 Å². The van der Waals surface area contributed by atoms with E-state index in [0.717, 1.165) is 17.3 Å². The van der Waals surface area contributed by atoms with E-state index in [1.165, 1.54) is 18.2 Å². The van der Waals surface area contributed by atoms with Gasteiger partial charge in [-0.1, -0.05) is 12.1 Å². The minimum Gasteiger partial charge on any atom is -0.434 e. The van der Waals surface area contributed by atoms with Crippen molar-refractivity contribution in [2.75, 3.05) is 26.3 Å². The summed E-state index contributed by atoms with van der Waals surface area (Å²) in [5.74, 6) is 0. The van der Waals surface area contributed by atoms with Gasteiger partial charge in [-0.3, -0.25) is 0 Å². The van der Waals surface area contributed by atoms with E-state index in [1.807, 2.05) is 0 Å². The Morgan fingerprint density at radius 1 is 1.17 bits per heavy atom. The average Bonchev–Trinajstić information content (AvgIpc) is 2.55. The van der Waals surface area contributed by atoms with Crippen molar-refractivity contribution < 1.29 is 31.1 Å². The van der Waals surface area contributed by atoms with Gasteiger partial charge in [0.1, 0.15) is 4.90 Å². The van der Waals surface area contributed by atoms with Crippen molar-refractivity contribution >= 4 is 36.9 Å². The molecular weight excluding hydrogens is 382 g/mol. The van der Waals surface area contributed by atoms with Gasteiger partial charge in [-0.2, -0.15) is 4.31 Å². The minimum atomic E-state index is -4.25. The van der Waals surface area contributed by atoms with Crippen molar-refractivity contribution in [2.45, 2.75) is 22.2 Å². The Labute approximate surface area is 145 Å². The molecule has 1 unspecified atom stereocenters. The van der Waals surface area contributed by atoms with Crippen LogP contribution in [-0.4, -0.2) is 58.3 Å². The van der Waals surface area contributed by atoms with Crippen LogP contribution in [0.1, 0.15) is 6.92 Å². The van der Waals surface area contributed by atoms with Gasteiger partial charge in [-0.15, -0.1) is 0 Å². The summed E-state index contributed by atoms with van der Waals surface area (Å²) in [5.41, 5.74) is -2.91. The van der Waals surface area contributed by atoms with Crippen molar-refractivity contribution in [3.63, 3.8) is 0 Å². The monoisotopic (exact) mass is 397 g/mol. The lowest BCUT2D eigenvalue weighted by Gasteiger charge is -2.27. The van der Waals surface area contributed by atoms with E-state index in [0.29, 0.717) is 0 Å². The van der Waals surface area contributed by atoms with Crippen molar-refractivity contribution in [1.82, 2.24) is 4.31 Å². The molecule has 1 fully saturated rings. The smallest absolute Gasteiger partial charge is 0.405 e. The second-order valence-electron chi connectivity index (χ2n) is 4.93. The number of ether oxygens (including phenoxy) is 2. The largest absolute Gasteiger partial charge is 0.434 e. The summed E-state index contributed by atoms with van der Waals surface area (Å²) < 4.78 is 61.5. The zero-order chi connectivity index (χ0) is 18.0. The van der Waals surface area contributed by atoms with Gasteiger partial charge in [-0.05, 0) is 19.1 Å². The molecule has 8 nitrogen and oxygen atoms in total. The third-order valence-corrected chi connectivity index (χ3v) is 7.55. The Hall–Kier alpha value is -1.20. The van der Waals surface area contributed by atoms with Gasteiger partial charge in [-0.25, -0.2) is 21.6 Å². The first-order chi connectivity index (χ1) is 11.2. The second-order valence-corrected chi connectivity index (χ2v) is 9.34. The van der Waals surface area contributed by atoms with Crippen molar-refractivity contribution in [1.29, 1.82) is 0 Å². The Bertz CT molecular complexity index is 816. The molecule has 1 atom stereocenters. The number of morpholine rings is 1. The molecule has 24 heavy (non-hydrogen) atoms. The predicted molar refractivity (Wildman–Crippen MR) is 85.0 cm³/mol. The number of sulfone groups is 1. The highest BCUT2D eigenvalue weighted by Gasteiger charge is 2.35. The maximum Gasteiger partial charge on any atom is 0.405 e. The summed E-state index contributed by atoms with van der Waals surface area (Å²) in [6.45, 7) is 1.82. The van der Waals surface area contributed by atoms with Crippen molar-refractivity contribution in [3.05, 3.63) is 24.3 Å². The average molecular weight is 398 g/mol. The zero-order valence-electron chi connectivity index (χ0n) is 12.7. The minimum absolute atomic E-state index is 0.128. The highest BCUT2D eigenvalue weighted by atomic mass is 35.5. The molecule has 1 heterocycles. The topological polar surface area (TPSA) is 107 Å². The van der Waals surface area contributed by atoms with Crippen LogP contribution in [0, 0.1) is 0 Å². The number of nitrogens with zero attached hydrogens (tertiary/aromatic N) is 1. The molecule has 11 heteroatoms. The SMILES string of the molecule is CC(OC(=O)Cl)S(=O)(=O)c1ccccc1S(=O)(=O)N1CCOCC1. The van der Waals surface area contributed by atoms with Crippen LogP contribution in [0.25, 0.3) is 0 Å². The van der Waals surface area contributed by atoms with E-state index in [9.17, 15) is 21.6 Å². The molecule has 0 radical (unpaired) electrons. The van der Waals surface area contributed by atoms with Crippen LogP contribution < -0.4 is 0 Å². The number of carbonyl (C=O) groups excluding carboxylic acids is 1. The molecule has 1 saturated heterocycles. The lowest BCUT2D eigenvalue weighted by Crippen LogP contribution is -2.41. The fourth-order valence-electron chi connectivity index (χ4n) is 2.20. The van der Waals surface area contributed by atoms with Crippen LogP contribution in [-0.2, 0) is 29.3 Å². The molecule has 0 spiro atoms. The third-order valence-electron chi connectivity index (χ3n) is 3.44. The molecule has 0 N–H and O–H groups in total. The molecule has 0 aromatic heterocycles. The molecule has 1 aromatic carbocycles. The van der Waals surface area contributed by atoms with Gasteiger partial charge < -0.3 is 9.47 Å². The van der Waals surface area contributed by atoms with E-state index in [2.05, 4.69) is 4.74 Å². The van der Waals surface area contributed by atoms with E-state index in [4.69, 9.17) is 16.3 Å². The zero-order valence-corrected chi connectivity index (χ0v) is 15.1. The number of hydrogen-bond donors (Lipinski definition) is 0. The van der Waals surface area contributed by atoms with Gasteiger partial charge in [0, 0.05) is 24.7 Å². The fourth-order valence-corrected chi connectivity index (χ4v) is 5.72. The van der Waals surface area contributed by atoms with Gasteiger partial charge in [0.2, 0.25) is 25.3 Å². The summed E-state index contributed by atoms with van der Waals surface area (Å²) in [7, 11) is -8.29. The highest BCUT2D eigenvalue weighted by molar-refractivity contribution is 7.94. The Kier molecular flexibility index (Phi) is 5.87. The Morgan fingerprint density at radius 2 is 1.71 bits per heavy atom. The van der Waals surface area contributed by atoms with E-state index >= 15 is 0 Å². The summed E-state index contributed by atoms with van der Waals surface area (Å²) in [5, 5.41) is 0. The molecule has 1 aliphatic heterocycles. The molecule has 0 saturated carbocycles. The van der Waals surface area contributed by atoms with Crippen molar-refractivity contribution in [3.8, 4) is 0 Å². The number of benzene rings is 1. The standard InChI is InChI=1S/C13H16ClNO7S2/c1-10(22-13(14)16)23(17,18)11-4-2-3-5-12(11)24(19,20)15-6-8-21-9-7-15/h2-5,10H,6-9H2,1H3. The summed E-state index contributed by atoms with van der Waals surface area (Å²) in [6, 6.07) is 5.17. The van der Waals surface area contributed by atoms with E-state index in [-0.39, 0.29) is 31.2 Å². The number of sulfonamides is 1. The van der Waals surface area contributed by atoms with E-state index in [1.54, 1.807) is 0 Å². The van der Waals surface area contributed by atoms with Gasteiger partial charge in [0.15, 0.2) is 0 Å². The van der Waals surface area contributed by atoms with Gasteiger partial charge in [0.25, 0.3) is 0 Å². The maximum absolute atomic E-state index is 12.8. The Balaban J connectivity index is 2.49. The highest BCUT2D eigenvalue weighted by Crippen LogP contribution is 2.28. The molecule has 2 rings (SSSR count). The van der Waals surface area contributed by atoms with Crippen LogP contribution in [0.3, 0.4) is 0 Å². The van der Waals surface area contributed by atoms with Crippen LogP contribution >= 0.6 is 11.6 Å². The summed E-state index contributed by atoms with van der Waals surface area (Å²) in [6.07, 6.45) is 0. The quantitative estimate of drug-likeness (QED) is 0.687. The second kappa shape index (κ2) is 7.36. The normalized spacial score (nSPS) is 18.1. The maximum atomic E-state index is 12.8. The molecule has 134 valence electrons. The van der Waals surface area contributed by atoms with Crippen LogP contribution in [0.5, 0.6) is 0 Å². The molecule has 0 aliphatic carbocycles. The Morgan fingerprint density at radius 3 is 2.25 bits per heavy atom. The van der Waals surface area contributed by atoms with E-state index < -0.39 is 35.6 Å². The molecule has 1 aromatic rings. The van der Waals surface area contributed by atoms with Crippen LogP contribution in [0.2, 0.25) is 0 Å². The first-order valence-corrected chi connectivity index (χ1v) is 10.3. The number of halogens is 1. The number of rotatable bonds is 5. The van der Waals surface area contributed by atoms with Crippen LogP contribution in [0.4, 0.5) is 4.79 Å². The number of hydrogen-bond acceptors (Lipinski definition) is 7.